The molecular formula is C44H31N3. The summed E-state index contributed by atoms with van der Waals surface area (Å²) in [5.41, 5.74) is 10.6. The second kappa shape index (κ2) is 12.6. The fourth-order valence-electron chi connectivity index (χ4n) is 6.05. The van der Waals surface area contributed by atoms with Crippen LogP contribution in [0.2, 0.25) is 0 Å². The lowest BCUT2D eigenvalue weighted by Gasteiger charge is -2.25. The van der Waals surface area contributed by atoms with Crippen molar-refractivity contribution in [2.24, 2.45) is 0 Å². The third kappa shape index (κ3) is 5.90. The number of anilines is 3. The van der Waals surface area contributed by atoms with Gasteiger partial charge in [-0.25, -0.2) is 9.97 Å². The molecule has 8 aromatic rings. The van der Waals surface area contributed by atoms with E-state index in [0.717, 1.165) is 56.3 Å². The minimum atomic E-state index is 0.715. The van der Waals surface area contributed by atoms with Crippen molar-refractivity contribution >= 4 is 27.8 Å². The predicted octanol–water partition coefficient (Wildman–Crippen LogP) is 11.8. The van der Waals surface area contributed by atoms with Gasteiger partial charge in [0.05, 0.1) is 11.4 Å². The molecule has 0 atom stereocenters. The molecule has 0 aliphatic rings. The molecule has 0 spiro atoms. The summed E-state index contributed by atoms with van der Waals surface area (Å²) in [6, 6.07) is 65.6. The van der Waals surface area contributed by atoms with Gasteiger partial charge in [-0.3, -0.25) is 0 Å². The Kier molecular flexibility index (Phi) is 7.54. The first-order valence-corrected chi connectivity index (χ1v) is 15.8. The third-order valence-corrected chi connectivity index (χ3v) is 8.47. The summed E-state index contributed by atoms with van der Waals surface area (Å²) >= 11 is 0. The second-order valence-corrected chi connectivity index (χ2v) is 11.5. The highest BCUT2D eigenvalue weighted by atomic mass is 15.1. The molecule has 0 aliphatic heterocycles. The van der Waals surface area contributed by atoms with E-state index in [1.807, 2.05) is 30.3 Å². The van der Waals surface area contributed by atoms with Crippen LogP contribution >= 0.6 is 0 Å². The molecular weight excluding hydrogens is 571 g/mol. The number of hydrogen-bond acceptors (Lipinski definition) is 3. The Bertz CT molecular complexity index is 2220. The van der Waals surface area contributed by atoms with Gasteiger partial charge in [0.25, 0.3) is 0 Å². The van der Waals surface area contributed by atoms with Crippen molar-refractivity contribution in [1.29, 1.82) is 0 Å². The maximum atomic E-state index is 5.04. The van der Waals surface area contributed by atoms with E-state index >= 15 is 0 Å². The van der Waals surface area contributed by atoms with Gasteiger partial charge < -0.3 is 4.90 Å². The Labute approximate surface area is 275 Å². The van der Waals surface area contributed by atoms with Gasteiger partial charge in [-0.2, -0.15) is 0 Å². The SMILES string of the molecule is c1ccc(-c2nc(-c3ccc(-c4ccc(N(c5ccccc5)c5ccccc5)cc4)cc3)cc(-c3ccc4ccccc4c3)n2)cc1. The van der Waals surface area contributed by atoms with Gasteiger partial charge in [-0.15, -0.1) is 0 Å². The van der Waals surface area contributed by atoms with Gasteiger partial charge in [0.1, 0.15) is 0 Å². The molecule has 0 fully saturated rings. The highest BCUT2D eigenvalue weighted by Crippen LogP contribution is 2.36. The normalized spacial score (nSPS) is 11.0. The molecule has 0 radical (unpaired) electrons. The van der Waals surface area contributed by atoms with Crippen LogP contribution in [0.15, 0.2) is 188 Å². The third-order valence-electron chi connectivity index (χ3n) is 8.47. The molecule has 0 saturated carbocycles. The van der Waals surface area contributed by atoms with Crippen LogP contribution in [0, 0.1) is 0 Å². The van der Waals surface area contributed by atoms with E-state index in [1.54, 1.807) is 0 Å². The van der Waals surface area contributed by atoms with E-state index in [2.05, 4.69) is 163 Å². The van der Waals surface area contributed by atoms with Crippen molar-refractivity contribution < 1.29 is 0 Å². The maximum Gasteiger partial charge on any atom is 0.160 e. The summed E-state index contributed by atoms with van der Waals surface area (Å²) in [4.78, 5) is 12.3. The minimum absolute atomic E-state index is 0.715. The standard InChI is InChI=1S/C44H31N3/c1-4-13-36(14-5-1)44-45-42(31-43(46-44)38-25-22-32-12-10-11-15-37(32)30-38)35-23-20-33(21-24-35)34-26-28-41(29-27-34)47(39-16-6-2-7-17-39)40-18-8-3-9-19-40/h1-31H. The number of fused-ring (bicyclic) bond motifs is 1. The van der Waals surface area contributed by atoms with Crippen molar-refractivity contribution in [2.45, 2.75) is 0 Å². The van der Waals surface area contributed by atoms with Gasteiger partial charge in [0.15, 0.2) is 5.82 Å². The van der Waals surface area contributed by atoms with Crippen molar-refractivity contribution in [2.75, 3.05) is 4.90 Å². The van der Waals surface area contributed by atoms with Crippen LogP contribution in [0.1, 0.15) is 0 Å². The van der Waals surface area contributed by atoms with E-state index in [9.17, 15) is 0 Å². The van der Waals surface area contributed by atoms with Gasteiger partial charge in [-0.1, -0.05) is 140 Å². The van der Waals surface area contributed by atoms with Gasteiger partial charge in [-0.05, 0) is 70.4 Å². The van der Waals surface area contributed by atoms with Crippen molar-refractivity contribution in [3.8, 4) is 45.0 Å². The van der Waals surface area contributed by atoms with E-state index < -0.39 is 0 Å². The molecule has 1 aromatic heterocycles. The summed E-state index contributed by atoms with van der Waals surface area (Å²) in [7, 11) is 0. The average Bonchev–Trinajstić information content (AvgIpc) is 3.16. The van der Waals surface area contributed by atoms with Crippen molar-refractivity contribution in [1.82, 2.24) is 9.97 Å². The first-order chi connectivity index (χ1) is 23.3. The summed E-state index contributed by atoms with van der Waals surface area (Å²) in [6.45, 7) is 0. The first-order valence-electron chi connectivity index (χ1n) is 15.8. The Morgan fingerprint density at radius 3 is 1.36 bits per heavy atom. The average molecular weight is 602 g/mol. The van der Waals surface area contributed by atoms with Crippen LogP contribution in [0.4, 0.5) is 17.1 Å². The van der Waals surface area contributed by atoms with Gasteiger partial charge in [0, 0.05) is 33.8 Å². The molecule has 222 valence electrons. The number of nitrogens with zero attached hydrogens (tertiary/aromatic N) is 3. The Morgan fingerprint density at radius 2 is 0.745 bits per heavy atom. The van der Waals surface area contributed by atoms with Crippen LogP contribution in [-0.4, -0.2) is 9.97 Å². The minimum Gasteiger partial charge on any atom is -0.311 e. The lowest BCUT2D eigenvalue weighted by molar-refractivity contribution is 1.18. The monoisotopic (exact) mass is 601 g/mol. The Hall–Kier alpha value is -6.32. The fraction of sp³-hybridized carbons (Fsp3) is 0. The van der Waals surface area contributed by atoms with Crippen molar-refractivity contribution in [3.63, 3.8) is 0 Å². The zero-order chi connectivity index (χ0) is 31.4. The number of hydrogen-bond donors (Lipinski definition) is 0. The molecule has 47 heavy (non-hydrogen) atoms. The Morgan fingerprint density at radius 1 is 0.298 bits per heavy atom. The van der Waals surface area contributed by atoms with Gasteiger partial charge in [0.2, 0.25) is 0 Å². The highest BCUT2D eigenvalue weighted by Gasteiger charge is 2.14. The number of aromatic nitrogens is 2. The zero-order valence-corrected chi connectivity index (χ0v) is 25.7. The lowest BCUT2D eigenvalue weighted by Crippen LogP contribution is -2.09. The predicted molar refractivity (Wildman–Crippen MR) is 196 cm³/mol. The van der Waals surface area contributed by atoms with E-state index in [-0.39, 0.29) is 0 Å². The molecule has 0 saturated heterocycles. The first kappa shape index (κ1) is 28.2. The number of benzene rings is 7. The molecule has 8 rings (SSSR count). The molecule has 0 aliphatic carbocycles. The van der Waals surface area contributed by atoms with Crippen LogP contribution < -0.4 is 4.90 Å². The van der Waals surface area contributed by atoms with Crippen LogP contribution in [0.5, 0.6) is 0 Å². The topological polar surface area (TPSA) is 29.0 Å². The second-order valence-electron chi connectivity index (χ2n) is 11.5. The molecule has 7 aromatic carbocycles. The summed E-state index contributed by atoms with van der Waals surface area (Å²) in [6.07, 6.45) is 0. The molecule has 0 unspecified atom stereocenters. The van der Waals surface area contributed by atoms with Crippen LogP contribution in [0.3, 0.4) is 0 Å². The summed E-state index contributed by atoms with van der Waals surface area (Å²) in [5, 5.41) is 2.41. The Balaban J connectivity index is 1.13. The molecule has 0 amide bonds. The van der Waals surface area contributed by atoms with Crippen LogP contribution in [0.25, 0.3) is 55.8 Å². The largest absolute Gasteiger partial charge is 0.311 e. The molecule has 3 nitrogen and oxygen atoms in total. The molecule has 0 N–H and O–H groups in total. The molecule has 0 bridgehead atoms. The van der Waals surface area contributed by atoms with E-state index in [0.29, 0.717) is 5.82 Å². The fourth-order valence-corrected chi connectivity index (χ4v) is 6.05. The van der Waals surface area contributed by atoms with E-state index in [4.69, 9.17) is 9.97 Å². The smallest absolute Gasteiger partial charge is 0.160 e. The number of rotatable bonds is 7. The summed E-state index contributed by atoms with van der Waals surface area (Å²) < 4.78 is 0. The molecule has 1 heterocycles. The lowest BCUT2D eigenvalue weighted by atomic mass is 10.0. The summed E-state index contributed by atoms with van der Waals surface area (Å²) in [5.74, 6) is 0.715. The zero-order valence-electron chi connectivity index (χ0n) is 25.7. The van der Waals surface area contributed by atoms with Crippen LogP contribution in [-0.2, 0) is 0 Å². The maximum absolute atomic E-state index is 5.04. The van der Waals surface area contributed by atoms with Gasteiger partial charge >= 0.3 is 0 Å². The quantitative estimate of drug-likeness (QED) is 0.182. The molecule has 3 heteroatoms. The highest BCUT2D eigenvalue weighted by molar-refractivity contribution is 5.87. The number of para-hydroxylation sites is 2. The van der Waals surface area contributed by atoms with E-state index in [1.165, 1.54) is 10.8 Å². The van der Waals surface area contributed by atoms with Crippen molar-refractivity contribution in [3.05, 3.63) is 188 Å².